The number of carboxylic acid groups (broad SMARTS) is 1. The van der Waals surface area contributed by atoms with Gasteiger partial charge in [-0.15, -0.1) is 11.3 Å². The average molecular weight is 463 g/mol. The minimum absolute atomic E-state index is 0.0672. The quantitative estimate of drug-likeness (QED) is 0.388. The molecule has 0 unspecified atom stereocenters. The average Bonchev–Trinajstić information content (AvgIpc) is 3.31. The monoisotopic (exact) mass is 462 g/mol. The zero-order chi connectivity index (χ0) is 23.8. The zero-order valence-electron chi connectivity index (χ0n) is 19.0. The van der Waals surface area contributed by atoms with Crippen LogP contribution in [0.25, 0.3) is 32.6 Å². The summed E-state index contributed by atoms with van der Waals surface area (Å²) >= 11 is 1.23. The normalized spacial score (nSPS) is 11.5. The molecule has 0 aliphatic rings. The van der Waals surface area contributed by atoms with Gasteiger partial charge >= 0.3 is 5.97 Å². The Hall–Kier alpha value is -3.58. The SMILES string of the molecule is COc1ccc(-c2c(-c3ccccc3)c3sc(C(=O)O)cc3n2CC(=O)NC(C)(C)C)cc1. The fourth-order valence-corrected chi connectivity index (χ4v) is 4.98. The van der Waals surface area contributed by atoms with Crippen molar-refractivity contribution in [1.29, 1.82) is 0 Å². The Morgan fingerprint density at radius 1 is 1.03 bits per heavy atom. The number of aromatic carboxylic acids is 1. The molecule has 2 heterocycles. The molecule has 2 N–H and O–H groups in total. The number of hydrogen-bond donors (Lipinski definition) is 2. The highest BCUT2D eigenvalue weighted by atomic mass is 32.1. The van der Waals surface area contributed by atoms with Crippen LogP contribution in [0.4, 0.5) is 0 Å². The molecule has 0 bridgehead atoms. The van der Waals surface area contributed by atoms with Crippen molar-refractivity contribution >= 4 is 33.4 Å². The molecule has 170 valence electrons. The van der Waals surface area contributed by atoms with Crippen LogP contribution in [0.3, 0.4) is 0 Å². The van der Waals surface area contributed by atoms with Gasteiger partial charge in [-0.25, -0.2) is 4.79 Å². The molecule has 0 atom stereocenters. The Morgan fingerprint density at radius 3 is 2.27 bits per heavy atom. The number of hydrogen-bond acceptors (Lipinski definition) is 4. The molecule has 7 heteroatoms. The van der Waals surface area contributed by atoms with Crippen LogP contribution in [0.1, 0.15) is 30.4 Å². The van der Waals surface area contributed by atoms with Gasteiger partial charge in [-0.3, -0.25) is 4.79 Å². The van der Waals surface area contributed by atoms with Gasteiger partial charge in [0.2, 0.25) is 5.91 Å². The summed E-state index contributed by atoms with van der Waals surface area (Å²) in [6, 6.07) is 19.2. The largest absolute Gasteiger partial charge is 0.497 e. The van der Waals surface area contributed by atoms with Gasteiger partial charge in [-0.1, -0.05) is 30.3 Å². The highest BCUT2D eigenvalue weighted by Crippen LogP contribution is 2.44. The molecule has 0 aliphatic carbocycles. The number of nitrogens with zero attached hydrogens (tertiary/aromatic N) is 1. The molecule has 0 aliphatic heterocycles. The summed E-state index contributed by atoms with van der Waals surface area (Å²) in [6.07, 6.45) is 0. The minimum Gasteiger partial charge on any atom is -0.497 e. The topological polar surface area (TPSA) is 80.6 Å². The summed E-state index contributed by atoms with van der Waals surface area (Å²) in [4.78, 5) is 25.0. The summed E-state index contributed by atoms with van der Waals surface area (Å²) < 4.78 is 8.08. The van der Waals surface area contributed by atoms with E-state index in [4.69, 9.17) is 4.74 Å². The van der Waals surface area contributed by atoms with Gasteiger partial charge in [-0.05, 0) is 62.2 Å². The van der Waals surface area contributed by atoms with Gasteiger partial charge in [0.25, 0.3) is 0 Å². The molecule has 0 saturated carbocycles. The Balaban J connectivity index is 2.00. The van der Waals surface area contributed by atoms with Crippen molar-refractivity contribution in [2.75, 3.05) is 7.11 Å². The van der Waals surface area contributed by atoms with E-state index in [-0.39, 0.29) is 22.9 Å². The van der Waals surface area contributed by atoms with E-state index in [1.165, 1.54) is 11.3 Å². The number of ether oxygens (including phenoxy) is 1. The number of carbonyl (C=O) groups is 2. The maximum Gasteiger partial charge on any atom is 0.345 e. The second-order valence-corrected chi connectivity index (χ2v) is 9.88. The van der Waals surface area contributed by atoms with Gasteiger partial charge in [0, 0.05) is 11.1 Å². The first-order valence-corrected chi connectivity index (χ1v) is 11.4. The third-order valence-corrected chi connectivity index (χ3v) is 6.32. The Bertz CT molecular complexity index is 1310. The van der Waals surface area contributed by atoms with Gasteiger partial charge in [0.1, 0.15) is 17.2 Å². The van der Waals surface area contributed by atoms with Crippen LogP contribution >= 0.6 is 11.3 Å². The molecular weight excluding hydrogens is 436 g/mol. The molecular formula is C26H26N2O4S. The van der Waals surface area contributed by atoms with Crippen molar-refractivity contribution in [2.24, 2.45) is 0 Å². The number of aromatic nitrogens is 1. The molecule has 0 spiro atoms. The van der Waals surface area contributed by atoms with Gasteiger partial charge in [0.15, 0.2) is 0 Å². The van der Waals surface area contributed by atoms with Crippen molar-refractivity contribution < 1.29 is 19.4 Å². The highest BCUT2D eigenvalue weighted by molar-refractivity contribution is 7.21. The van der Waals surface area contributed by atoms with Crippen molar-refractivity contribution in [1.82, 2.24) is 9.88 Å². The maximum atomic E-state index is 13.0. The molecule has 1 amide bonds. The first kappa shape index (κ1) is 22.6. The first-order valence-electron chi connectivity index (χ1n) is 10.6. The van der Waals surface area contributed by atoms with Crippen molar-refractivity contribution in [3.8, 4) is 28.1 Å². The summed E-state index contributed by atoms with van der Waals surface area (Å²) in [5.74, 6) is -0.387. The van der Waals surface area contributed by atoms with Crippen LogP contribution in [0.2, 0.25) is 0 Å². The van der Waals surface area contributed by atoms with E-state index in [1.54, 1.807) is 13.2 Å². The Kier molecular flexibility index (Phi) is 5.99. The van der Waals surface area contributed by atoms with E-state index < -0.39 is 5.97 Å². The smallest absolute Gasteiger partial charge is 0.345 e. The van der Waals surface area contributed by atoms with E-state index in [9.17, 15) is 14.7 Å². The lowest BCUT2D eigenvalue weighted by Crippen LogP contribution is -2.42. The Morgan fingerprint density at radius 2 is 1.70 bits per heavy atom. The molecule has 33 heavy (non-hydrogen) atoms. The van der Waals surface area contributed by atoms with Crippen LogP contribution in [0.5, 0.6) is 5.75 Å². The number of carbonyl (C=O) groups excluding carboxylic acids is 1. The lowest BCUT2D eigenvalue weighted by atomic mass is 10.0. The van der Waals surface area contributed by atoms with Crippen molar-refractivity contribution in [3.05, 3.63) is 65.5 Å². The number of methoxy groups -OCH3 is 1. The number of thiophene rings is 1. The number of carboxylic acids is 1. The van der Waals surface area contributed by atoms with Gasteiger partial charge < -0.3 is 19.7 Å². The van der Waals surface area contributed by atoms with Crippen molar-refractivity contribution in [3.63, 3.8) is 0 Å². The van der Waals surface area contributed by atoms with E-state index in [1.807, 2.05) is 79.9 Å². The van der Waals surface area contributed by atoms with E-state index in [2.05, 4.69) is 5.32 Å². The standard InChI is InChI=1S/C26H26N2O4S/c1-26(2,3)27-21(29)15-28-19-14-20(25(30)31)33-24(19)22(16-8-6-5-7-9-16)23(28)17-10-12-18(32-4)13-11-17/h5-14H,15H2,1-4H3,(H,27,29)(H,30,31). The second kappa shape index (κ2) is 8.75. The highest BCUT2D eigenvalue weighted by Gasteiger charge is 2.26. The lowest BCUT2D eigenvalue weighted by molar-refractivity contribution is -0.122. The van der Waals surface area contributed by atoms with Crippen LogP contribution in [0, 0.1) is 0 Å². The van der Waals surface area contributed by atoms with E-state index in [0.717, 1.165) is 38.4 Å². The number of amides is 1. The summed E-state index contributed by atoms with van der Waals surface area (Å²) in [5, 5.41) is 12.7. The number of nitrogens with one attached hydrogen (secondary N) is 1. The number of rotatable bonds is 6. The molecule has 4 rings (SSSR count). The van der Waals surface area contributed by atoms with Crippen LogP contribution in [-0.2, 0) is 11.3 Å². The van der Waals surface area contributed by atoms with E-state index >= 15 is 0 Å². The molecule has 0 radical (unpaired) electrons. The van der Waals surface area contributed by atoms with Crippen LogP contribution in [-0.4, -0.2) is 34.2 Å². The molecule has 2 aromatic carbocycles. The third kappa shape index (κ3) is 4.64. The van der Waals surface area contributed by atoms with E-state index in [0.29, 0.717) is 0 Å². The number of fused-ring (bicyclic) bond motifs is 1. The maximum absolute atomic E-state index is 13.0. The minimum atomic E-state index is -0.980. The first-order chi connectivity index (χ1) is 15.7. The van der Waals surface area contributed by atoms with Gasteiger partial charge in [-0.2, -0.15) is 0 Å². The summed E-state index contributed by atoms with van der Waals surface area (Å²) in [7, 11) is 1.62. The predicted molar refractivity (Wildman–Crippen MR) is 132 cm³/mol. The second-order valence-electron chi connectivity index (χ2n) is 8.83. The fraction of sp³-hybridized carbons (Fsp3) is 0.231. The molecule has 2 aromatic heterocycles. The zero-order valence-corrected chi connectivity index (χ0v) is 19.8. The Labute approximate surface area is 196 Å². The van der Waals surface area contributed by atoms with Crippen LogP contribution in [0.15, 0.2) is 60.7 Å². The summed E-state index contributed by atoms with van der Waals surface area (Å²) in [5.41, 5.74) is 4.00. The lowest BCUT2D eigenvalue weighted by Gasteiger charge is -2.21. The molecule has 4 aromatic rings. The molecule has 6 nitrogen and oxygen atoms in total. The van der Waals surface area contributed by atoms with Gasteiger partial charge in [0.05, 0.1) is 23.0 Å². The molecule has 0 fully saturated rings. The van der Waals surface area contributed by atoms with Crippen molar-refractivity contribution in [2.45, 2.75) is 32.9 Å². The molecule has 0 saturated heterocycles. The van der Waals surface area contributed by atoms with Crippen LogP contribution < -0.4 is 10.1 Å². The fourth-order valence-electron chi connectivity index (χ4n) is 3.92. The predicted octanol–water partition coefficient (Wildman–Crippen LogP) is 5.66. The third-order valence-electron chi connectivity index (χ3n) is 5.19. The summed E-state index contributed by atoms with van der Waals surface area (Å²) in [6.45, 7) is 5.87. The number of benzene rings is 2.